The van der Waals surface area contributed by atoms with Crippen LogP contribution < -0.4 is 10.2 Å². The van der Waals surface area contributed by atoms with Gasteiger partial charge in [-0.05, 0) is 44.5 Å². The Hall–Kier alpha value is -1.06. The summed E-state index contributed by atoms with van der Waals surface area (Å²) in [5.41, 5.74) is 2.58. The monoisotopic (exact) mass is 236 g/mol. The van der Waals surface area contributed by atoms with Gasteiger partial charge in [-0.2, -0.15) is 0 Å². The molecule has 0 aromatic heterocycles. The SMILES string of the molecule is CCN(CC)c1ccc(CNCCCO)cc1. The summed E-state index contributed by atoms with van der Waals surface area (Å²) >= 11 is 0. The molecule has 96 valence electrons. The third-order valence-electron chi connectivity index (χ3n) is 2.91. The lowest BCUT2D eigenvalue weighted by Crippen LogP contribution is -2.21. The van der Waals surface area contributed by atoms with E-state index in [-0.39, 0.29) is 6.61 Å². The van der Waals surface area contributed by atoms with E-state index in [0.29, 0.717) is 0 Å². The van der Waals surface area contributed by atoms with Crippen molar-refractivity contribution in [2.24, 2.45) is 0 Å². The van der Waals surface area contributed by atoms with E-state index < -0.39 is 0 Å². The molecule has 1 rings (SSSR count). The standard InChI is InChI=1S/C14H24N2O/c1-3-16(4-2)14-8-6-13(7-9-14)12-15-10-5-11-17/h6-9,15,17H,3-5,10-12H2,1-2H3. The molecular formula is C14H24N2O. The zero-order valence-electron chi connectivity index (χ0n) is 10.9. The van der Waals surface area contributed by atoms with Gasteiger partial charge < -0.3 is 15.3 Å². The van der Waals surface area contributed by atoms with Crippen molar-refractivity contribution < 1.29 is 5.11 Å². The molecule has 0 radical (unpaired) electrons. The molecule has 0 saturated carbocycles. The molecule has 0 aliphatic rings. The fourth-order valence-electron chi connectivity index (χ4n) is 1.85. The molecule has 0 amide bonds. The molecule has 3 nitrogen and oxygen atoms in total. The normalized spacial score (nSPS) is 10.5. The van der Waals surface area contributed by atoms with Gasteiger partial charge in [0.1, 0.15) is 0 Å². The quantitative estimate of drug-likeness (QED) is 0.678. The molecule has 0 aliphatic heterocycles. The number of aliphatic hydroxyl groups excluding tert-OH is 1. The highest BCUT2D eigenvalue weighted by molar-refractivity contribution is 5.47. The second kappa shape index (κ2) is 8.09. The number of aliphatic hydroxyl groups is 1. The zero-order valence-corrected chi connectivity index (χ0v) is 10.9. The minimum absolute atomic E-state index is 0.258. The molecule has 0 unspecified atom stereocenters. The maximum absolute atomic E-state index is 8.67. The number of nitrogens with one attached hydrogen (secondary N) is 1. The highest BCUT2D eigenvalue weighted by Gasteiger charge is 2.00. The van der Waals surface area contributed by atoms with Crippen LogP contribution in [-0.2, 0) is 6.54 Å². The lowest BCUT2D eigenvalue weighted by atomic mass is 10.2. The van der Waals surface area contributed by atoms with Gasteiger partial charge in [0, 0.05) is 31.9 Å². The van der Waals surface area contributed by atoms with Crippen LogP contribution in [0, 0.1) is 0 Å². The highest BCUT2D eigenvalue weighted by Crippen LogP contribution is 2.14. The summed E-state index contributed by atoms with van der Waals surface area (Å²) in [6, 6.07) is 8.69. The van der Waals surface area contributed by atoms with Gasteiger partial charge in [0.25, 0.3) is 0 Å². The highest BCUT2D eigenvalue weighted by atomic mass is 16.3. The van der Waals surface area contributed by atoms with E-state index in [2.05, 4.69) is 48.3 Å². The van der Waals surface area contributed by atoms with E-state index in [1.807, 2.05) is 0 Å². The van der Waals surface area contributed by atoms with Crippen LogP contribution in [0.2, 0.25) is 0 Å². The Morgan fingerprint density at radius 1 is 1.12 bits per heavy atom. The zero-order chi connectivity index (χ0) is 12.5. The summed E-state index contributed by atoms with van der Waals surface area (Å²) in [5, 5.41) is 12.0. The number of rotatable bonds is 8. The first-order valence-corrected chi connectivity index (χ1v) is 6.47. The van der Waals surface area contributed by atoms with Gasteiger partial charge in [-0.3, -0.25) is 0 Å². The van der Waals surface area contributed by atoms with Gasteiger partial charge in [0.15, 0.2) is 0 Å². The maximum Gasteiger partial charge on any atom is 0.0443 e. The van der Waals surface area contributed by atoms with Crippen LogP contribution in [0.15, 0.2) is 24.3 Å². The Morgan fingerprint density at radius 3 is 2.29 bits per heavy atom. The third-order valence-corrected chi connectivity index (χ3v) is 2.91. The molecule has 0 heterocycles. The van der Waals surface area contributed by atoms with E-state index >= 15 is 0 Å². The second-order valence-corrected chi connectivity index (χ2v) is 4.09. The van der Waals surface area contributed by atoms with Gasteiger partial charge in [-0.1, -0.05) is 12.1 Å². The van der Waals surface area contributed by atoms with E-state index in [1.165, 1.54) is 11.3 Å². The second-order valence-electron chi connectivity index (χ2n) is 4.09. The van der Waals surface area contributed by atoms with Crippen molar-refractivity contribution in [1.29, 1.82) is 0 Å². The van der Waals surface area contributed by atoms with Crippen molar-refractivity contribution in [1.82, 2.24) is 5.32 Å². The molecule has 0 saturated heterocycles. The summed E-state index contributed by atoms with van der Waals surface area (Å²) in [4.78, 5) is 2.34. The predicted molar refractivity (Wildman–Crippen MR) is 73.4 cm³/mol. The van der Waals surface area contributed by atoms with Crippen molar-refractivity contribution in [2.75, 3.05) is 31.1 Å². The number of hydrogen-bond donors (Lipinski definition) is 2. The molecule has 0 atom stereocenters. The Balaban J connectivity index is 2.44. The first-order valence-electron chi connectivity index (χ1n) is 6.47. The van der Waals surface area contributed by atoms with Gasteiger partial charge in [-0.25, -0.2) is 0 Å². The molecule has 1 aromatic rings. The van der Waals surface area contributed by atoms with E-state index in [4.69, 9.17) is 5.11 Å². The van der Waals surface area contributed by atoms with Crippen LogP contribution in [0.1, 0.15) is 25.8 Å². The van der Waals surface area contributed by atoms with Crippen LogP contribution in [0.5, 0.6) is 0 Å². The van der Waals surface area contributed by atoms with Crippen LogP contribution in [0.4, 0.5) is 5.69 Å². The molecule has 1 aromatic carbocycles. The lowest BCUT2D eigenvalue weighted by molar-refractivity contribution is 0.286. The third kappa shape index (κ3) is 4.75. The maximum atomic E-state index is 8.67. The fourth-order valence-corrected chi connectivity index (χ4v) is 1.85. The average Bonchev–Trinajstić information content (AvgIpc) is 2.38. The average molecular weight is 236 g/mol. The summed E-state index contributed by atoms with van der Waals surface area (Å²) < 4.78 is 0. The van der Waals surface area contributed by atoms with Gasteiger partial charge in [0.05, 0.1) is 0 Å². The van der Waals surface area contributed by atoms with Crippen LogP contribution in [0.25, 0.3) is 0 Å². The van der Waals surface area contributed by atoms with E-state index in [1.54, 1.807) is 0 Å². The number of benzene rings is 1. The topological polar surface area (TPSA) is 35.5 Å². The molecular weight excluding hydrogens is 212 g/mol. The van der Waals surface area contributed by atoms with Crippen molar-refractivity contribution in [3.63, 3.8) is 0 Å². The molecule has 0 fully saturated rings. The van der Waals surface area contributed by atoms with Crippen molar-refractivity contribution in [3.05, 3.63) is 29.8 Å². The molecule has 17 heavy (non-hydrogen) atoms. The molecule has 2 N–H and O–H groups in total. The Kier molecular flexibility index (Phi) is 6.67. The number of nitrogens with zero attached hydrogens (tertiary/aromatic N) is 1. The molecule has 0 aliphatic carbocycles. The summed E-state index contributed by atoms with van der Waals surface area (Å²) in [6.07, 6.45) is 0.817. The Bertz CT molecular complexity index is 294. The van der Waals surface area contributed by atoms with Crippen molar-refractivity contribution in [3.8, 4) is 0 Å². The molecule has 0 spiro atoms. The van der Waals surface area contributed by atoms with Crippen molar-refractivity contribution >= 4 is 5.69 Å². The van der Waals surface area contributed by atoms with Gasteiger partial charge in [-0.15, -0.1) is 0 Å². The minimum atomic E-state index is 0.258. The molecule has 3 heteroatoms. The summed E-state index contributed by atoms with van der Waals surface area (Å²) in [6.45, 7) is 8.44. The van der Waals surface area contributed by atoms with E-state index in [9.17, 15) is 0 Å². The van der Waals surface area contributed by atoms with Crippen LogP contribution >= 0.6 is 0 Å². The summed E-state index contributed by atoms with van der Waals surface area (Å²) in [7, 11) is 0. The fraction of sp³-hybridized carbons (Fsp3) is 0.571. The first-order chi connectivity index (χ1) is 8.31. The summed E-state index contributed by atoms with van der Waals surface area (Å²) in [5.74, 6) is 0. The number of anilines is 1. The smallest absolute Gasteiger partial charge is 0.0443 e. The van der Waals surface area contributed by atoms with Gasteiger partial charge in [0.2, 0.25) is 0 Å². The predicted octanol–water partition coefficient (Wildman–Crippen LogP) is 2.00. The van der Waals surface area contributed by atoms with Crippen LogP contribution in [-0.4, -0.2) is 31.3 Å². The first kappa shape index (κ1) is 14.0. The number of hydrogen-bond acceptors (Lipinski definition) is 3. The lowest BCUT2D eigenvalue weighted by Gasteiger charge is -2.21. The van der Waals surface area contributed by atoms with E-state index in [0.717, 1.165) is 32.6 Å². The Labute approximate surface area is 104 Å². The Morgan fingerprint density at radius 2 is 1.76 bits per heavy atom. The van der Waals surface area contributed by atoms with Crippen molar-refractivity contribution in [2.45, 2.75) is 26.8 Å². The molecule has 0 bridgehead atoms. The largest absolute Gasteiger partial charge is 0.396 e. The van der Waals surface area contributed by atoms with Gasteiger partial charge >= 0.3 is 0 Å². The van der Waals surface area contributed by atoms with Crippen LogP contribution in [0.3, 0.4) is 0 Å². The minimum Gasteiger partial charge on any atom is -0.396 e.